The first-order valence-corrected chi connectivity index (χ1v) is 5.66. The molecule has 0 heterocycles. The van der Waals surface area contributed by atoms with Crippen molar-refractivity contribution in [1.82, 2.24) is 0 Å². The van der Waals surface area contributed by atoms with Gasteiger partial charge < -0.3 is 0 Å². The molecule has 0 aromatic heterocycles. The van der Waals surface area contributed by atoms with Gasteiger partial charge in [0, 0.05) is 5.92 Å². The van der Waals surface area contributed by atoms with Gasteiger partial charge in [-0.1, -0.05) is 54.6 Å². The molecule has 0 spiro atoms. The first-order valence-electron chi connectivity index (χ1n) is 5.66. The van der Waals surface area contributed by atoms with E-state index in [0.29, 0.717) is 5.57 Å². The van der Waals surface area contributed by atoms with Gasteiger partial charge in [-0.15, -0.1) is 0 Å². The van der Waals surface area contributed by atoms with Crippen molar-refractivity contribution in [2.24, 2.45) is 5.92 Å². The van der Waals surface area contributed by atoms with Crippen molar-refractivity contribution < 1.29 is 8.78 Å². The van der Waals surface area contributed by atoms with Gasteiger partial charge in [0.25, 0.3) is 6.43 Å². The molecule has 0 nitrogen and oxygen atoms in total. The molecule has 1 aromatic rings. The highest BCUT2D eigenvalue weighted by atomic mass is 19.3. The van der Waals surface area contributed by atoms with E-state index in [0.717, 1.165) is 18.1 Å². The molecule has 0 bridgehead atoms. The van der Waals surface area contributed by atoms with Gasteiger partial charge in [-0.05, 0) is 23.6 Å². The van der Waals surface area contributed by atoms with Crippen LogP contribution in [0, 0.1) is 5.92 Å². The predicted molar refractivity (Wildman–Crippen MR) is 66.8 cm³/mol. The predicted octanol–water partition coefficient (Wildman–Crippen LogP) is 4.47. The lowest BCUT2D eigenvalue weighted by Crippen LogP contribution is -2.03. The number of benzene rings is 1. The van der Waals surface area contributed by atoms with E-state index in [1.54, 1.807) is 0 Å². The molecule has 1 aromatic carbocycles. The Morgan fingerprint density at radius 2 is 1.94 bits per heavy atom. The normalized spacial score (nSPS) is 19.9. The SMILES string of the molecule is FC(F)/C=C(\c1ccccc1)C1C=CC=CC1. The number of rotatable bonds is 3. The summed E-state index contributed by atoms with van der Waals surface area (Å²) < 4.78 is 25.2. The van der Waals surface area contributed by atoms with Crippen molar-refractivity contribution in [1.29, 1.82) is 0 Å². The second kappa shape index (κ2) is 5.58. The fraction of sp³-hybridized carbons (Fsp3) is 0.200. The third-order valence-electron chi connectivity index (χ3n) is 2.79. The molecule has 0 N–H and O–H groups in total. The molecule has 0 saturated carbocycles. The fourth-order valence-electron chi connectivity index (χ4n) is 2.01. The van der Waals surface area contributed by atoms with Gasteiger partial charge in [0.15, 0.2) is 0 Å². The minimum absolute atomic E-state index is 0.0522. The smallest absolute Gasteiger partial charge is 0.206 e. The van der Waals surface area contributed by atoms with E-state index >= 15 is 0 Å². The van der Waals surface area contributed by atoms with E-state index in [1.807, 2.05) is 54.6 Å². The Labute approximate surface area is 100.0 Å². The third-order valence-corrected chi connectivity index (χ3v) is 2.79. The number of hydrogen-bond donors (Lipinski definition) is 0. The molecule has 1 aliphatic rings. The van der Waals surface area contributed by atoms with Crippen LogP contribution in [0.1, 0.15) is 12.0 Å². The van der Waals surface area contributed by atoms with Gasteiger partial charge in [0.2, 0.25) is 0 Å². The maximum atomic E-state index is 12.6. The van der Waals surface area contributed by atoms with E-state index in [4.69, 9.17) is 0 Å². The Hall–Kier alpha value is -1.70. The average Bonchev–Trinajstić information content (AvgIpc) is 2.38. The van der Waals surface area contributed by atoms with Crippen LogP contribution in [0.15, 0.2) is 60.7 Å². The Kier molecular flexibility index (Phi) is 3.86. The van der Waals surface area contributed by atoms with Gasteiger partial charge in [0.05, 0.1) is 0 Å². The van der Waals surface area contributed by atoms with Gasteiger partial charge in [-0.2, -0.15) is 0 Å². The Balaban J connectivity index is 2.32. The topological polar surface area (TPSA) is 0 Å². The third kappa shape index (κ3) is 3.13. The van der Waals surface area contributed by atoms with Gasteiger partial charge >= 0.3 is 0 Å². The number of halogens is 2. The van der Waals surface area contributed by atoms with Crippen molar-refractivity contribution in [3.05, 3.63) is 66.3 Å². The number of alkyl halides is 2. The molecule has 2 heteroatoms. The van der Waals surface area contributed by atoms with Crippen molar-refractivity contribution >= 4 is 5.57 Å². The van der Waals surface area contributed by atoms with Crippen LogP contribution < -0.4 is 0 Å². The lowest BCUT2D eigenvalue weighted by Gasteiger charge is -2.18. The Morgan fingerprint density at radius 1 is 1.18 bits per heavy atom. The first kappa shape index (κ1) is 11.8. The van der Waals surface area contributed by atoms with Crippen LogP contribution in [0.2, 0.25) is 0 Å². The monoisotopic (exact) mass is 232 g/mol. The van der Waals surface area contributed by atoms with Crippen molar-refractivity contribution in [2.75, 3.05) is 0 Å². The summed E-state index contributed by atoms with van der Waals surface area (Å²) in [6, 6.07) is 9.38. The van der Waals surface area contributed by atoms with E-state index < -0.39 is 6.43 Å². The number of allylic oxidation sites excluding steroid dienone is 6. The second-order valence-corrected chi connectivity index (χ2v) is 3.98. The zero-order valence-electron chi connectivity index (χ0n) is 9.39. The summed E-state index contributed by atoms with van der Waals surface area (Å²) in [5.74, 6) is 0.0522. The molecule has 1 atom stereocenters. The lowest BCUT2D eigenvalue weighted by molar-refractivity contribution is 0.204. The largest absolute Gasteiger partial charge is 0.257 e. The van der Waals surface area contributed by atoms with Crippen LogP contribution in [0.4, 0.5) is 8.78 Å². The molecule has 0 radical (unpaired) electrons. The summed E-state index contributed by atoms with van der Waals surface area (Å²) in [5.41, 5.74) is 1.58. The molecule has 1 unspecified atom stereocenters. The van der Waals surface area contributed by atoms with E-state index in [-0.39, 0.29) is 5.92 Å². The molecule has 0 amide bonds. The minimum atomic E-state index is -2.41. The zero-order valence-corrected chi connectivity index (χ0v) is 9.39. The van der Waals surface area contributed by atoms with Crippen molar-refractivity contribution in [3.63, 3.8) is 0 Å². The van der Waals surface area contributed by atoms with Crippen LogP contribution in [0.5, 0.6) is 0 Å². The molecule has 1 aliphatic carbocycles. The summed E-state index contributed by atoms with van der Waals surface area (Å²) in [6.45, 7) is 0. The molecular formula is C15H14F2. The highest BCUT2D eigenvalue weighted by Gasteiger charge is 2.15. The van der Waals surface area contributed by atoms with Crippen LogP contribution in [0.3, 0.4) is 0 Å². The van der Waals surface area contributed by atoms with E-state index in [1.165, 1.54) is 0 Å². The van der Waals surface area contributed by atoms with E-state index in [9.17, 15) is 8.78 Å². The Bertz CT molecular complexity index is 441. The fourth-order valence-corrected chi connectivity index (χ4v) is 2.01. The van der Waals surface area contributed by atoms with Crippen LogP contribution in [-0.2, 0) is 0 Å². The highest BCUT2D eigenvalue weighted by molar-refractivity contribution is 5.69. The molecule has 0 saturated heterocycles. The van der Waals surface area contributed by atoms with Gasteiger partial charge in [0.1, 0.15) is 0 Å². The van der Waals surface area contributed by atoms with Crippen LogP contribution in [0.25, 0.3) is 5.57 Å². The standard InChI is InChI=1S/C15H14F2/c16-15(17)11-14(12-7-3-1-4-8-12)13-9-5-2-6-10-13/h1-9,11,13,15H,10H2/b14-11+. The van der Waals surface area contributed by atoms with Gasteiger partial charge in [-0.25, -0.2) is 8.78 Å². The molecule has 0 fully saturated rings. The average molecular weight is 232 g/mol. The van der Waals surface area contributed by atoms with E-state index in [2.05, 4.69) is 0 Å². The van der Waals surface area contributed by atoms with Crippen LogP contribution in [-0.4, -0.2) is 6.43 Å². The van der Waals surface area contributed by atoms with Crippen LogP contribution >= 0.6 is 0 Å². The van der Waals surface area contributed by atoms with Gasteiger partial charge in [-0.3, -0.25) is 0 Å². The Morgan fingerprint density at radius 3 is 2.53 bits per heavy atom. The maximum absolute atomic E-state index is 12.6. The van der Waals surface area contributed by atoms with Crippen molar-refractivity contribution in [3.8, 4) is 0 Å². The second-order valence-electron chi connectivity index (χ2n) is 3.98. The zero-order chi connectivity index (χ0) is 12.1. The molecule has 88 valence electrons. The summed E-state index contributed by atoms with van der Waals surface area (Å²) in [4.78, 5) is 0. The first-order chi connectivity index (χ1) is 8.27. The highest BCUT2D eigenvalue weighted by Crippen LogP contribution is 2.30. The quantitative estimate of drug-likeness (QED) is 0.721. The summed E-state index contributed by atoms with van der Waals surface area (Å²) in [7, 11) is 0. The maximum Gasteiger partial charge on any atom is 0.257 e. The number of hydrogen-bond acceptors (Lipinski definition) is 0. The van der Waals surface area contributed by atoms with Crippen molar-refractivity contribution in [2.45, 2.75) is 12.8 Å². The summed E-state index contributed by atoms with van der Waals surface area (Å²) in [6.07, 6.45) is 7.27. The minimum Gasteiger partial charge on any atom is -0.206 e. The molecular weight excluding hydrogens is 218 g/mol. The molecule has 2 rings (SSSR count). The summed E-state index contributed by atoms with van der Waals surface area (Å²) >= 11 is 0. The molecule has 17 heavy (non-hydrogen) atoms. The summed E-state index contributed by atoms with van der Waals surface area (Å²) in [5, 5.41) is 0. The lowest BCUT2D eigenvalue weighted by atomic mass is 9.87. The molecule has 0 aliphatic heterocycles.